The van der Waals surface area contributed by atoms with Crippen molar-refractivity contribution in [1.29, 1.82) is 0 Å². The number of carboxylic acid groups (broad SMARTS) is 1. The van der Waals surface area contributed by atoms with Gasteiger partial charge in [0.05, 0.1) is 17.6 Å². The molecule has 0 heterocycles. The lowest BCUT2D eigenvalue weighted by Crippen LogP contribution is -2.40. The van der Waals surface area contributed by atoms with Crippen molar-refractivity contribution in [3.05, 3.63) is 89.2 Å². The Bertz CT molecular complexity index is 1290. The minimum Gasteiger partial charge on any atom is -0.478 e. The Labute approximate surface area is 200 Å². The van der Waals surface area contributed by atoms with Crippen LogP contribution >= 0.6 is 0 Å². The van der Waals surface area contributed by atoms with Crippen molar-refractivity contribution in [2.45, 2.75) is 30.7 Å². The zero-order chi connectivity index (χ0) is 24.6. The van der Waals surface area contributed by atoms with Crippen LogP contribution in [0.2, 0.25) is 0 Å². The van der Waals surface area contributed by atoms with Crippen molar-refractivity contribution >= 4 is 23.7 Å². The van der Waals surface area contributed by atoms with Crippen LogP contribution in [0.3, 0.4) is 0 Å². The minimum absolute atomic E-state index is 0.0750. The topological polar surface area (TPSA) is 105 Å². The molecule has 0 saturated heterocycles. The SMILES string of the molecule is O=C(CC1(NC(=O)OCC2c3ccccc3-c3ccccc32)CC1)Nc1cccc(F)c1C(=O)O. The number of fused-ring (bicyclic) bond motifs is 3. The smallest absolute Gasteiger partial charge is 0.407 e. The van der Waals surface area contributed by atoms with E-state index in [1.54, 1.807) is 0 Å². The summed E-state index contributed by atoms with van der Waals surface area (Å²) in [5.41, 5.74) is 2.98. The lowest BCUT2D eigenvalue weighted by molar-refractivity contribution is -0.116. The predicted octanol–water partition coefficient (Wildman–Crippen LogP) is 4.92. The average Bonchev–Trinajstić information content (AvgIpc) is 3.49. The summed E-state index contributed by atoms with van der Waals surface area (Å²) in [6, 6.07) is 19.7. The third-order valence-electron chi connectivity index (χ3n) is 6.56. The maximum atomic E-state index is 13.9. The Kier molecular flexibility index (Phi) is 5.72. The van der Waals surface area contributed by atoms with Crippen LogP contribution in [-0.4, -0.2) is 35.2 Å². The molecule has 0 aromatic heterocycles. The van der Waals surface area contributed by atoms with Crippen LogP contribution < -0.4 is 10.6 Å². The fraction of sp³-hybridized carbons (Fsp3) is 0.222. The molecule has 7 nitrogen and oxygen atoms in total. The number of amides is 2. The molecule has 35 heavy (non-hydrogen) atoms. The van der Waals surface area contributed by atoms with Crippen LogP contribution in [0.4, 0.5) is 14.9 Å². The van der Waals surface area contributed by atoms with E-state index in [0.717, 1.165) is 28.3 Å². The van der Waals surface area contributed by atoms with Gasteiger partial charge in [-0.3, -0.25) is 4.79 Å². The van der Waals surface area contributed by atoms with E-state index in [0.29, 0.717) is 12.8 Å². The van der Waals surface area contributed by atoms with Crippen LogP contribution in [0.1, 0.15) is 46.7 Å². The highest BCUT2D eigenvalue weighted by molar-refractivity contribution is 6.01. The van der Waals surface area contributed by atoms with E-state index in [2.05, 4.69) is 22.8 Å². The number of hydrogen-bond donors (Lipinski definition) is 3. The van der Waals surface area contributed by atoms with Gasteiger partial charge in [0, 0.05) is 5.92 Å². The molecule has 3 N–H and O–H groups in total. The number of halogens is 1. The fourth-order valence-electron chi connectivity index (χ4n) is 4.70. The molecule has 3 aromatic carbocycles. The lowest BCUT2D eigenvalue weighted by Gasteiger charge is -2.19. The molecular weight excluding hydrogens is 451 g/mol. The first kappa shape index (κ1) is 22.6. The predicted molar refractivity (Wildman–Crippen MR) is 127 cm³/mol. The van der Waals surface area contributed by atoms with E-state index in [9.17, 15) is 23.9 Å². The van der Waals surface area contributed by atoms with Gasteiger partial charge in [-0.15, -0.1) is 0 Å². The molecule has 0 radical (unpaired) electrons. The third-order valence-corrected chi connectivity index (χ3v) is 6.56. The first-order chi connectivity index (χ1) is 16.9. The van der Waals surface area contributed by atoms with Gasteiger partial charge in [-0.05, 0) is 47.2 Å². The monoisotopic (exact) mass is 474 g/mol. The van der Waals surface area contributed by atoms with Gasteiger partial charge in [-0.2, -0.15) is 0 Å². The van der Waals surface area contributed by atoms with Crippen LogP contribution in [0.25, 0.3) is 11.1 Å². The number of hydrogen-bond acceptors (Lipinski definition) is 4. The summed E-state index contributed by atoms with van der Waals surface area (Å²) in [5, 5.41) is 14.5. The second-order valence-electron chi connectivity index (χ2n) is 8.92. The number of aromatic carboxylic acids is 1. The number of carbonyl (C=O) groups is 3. The first-order valence-corrected chi connectivity index (χ1v) is 11.3. The van der Waals surface area contributed by atoms with Gasteiger partial charge in [0.2, 0.25) is 5.91 Å². The molecule has 5 rings (SSSR count). The Morgan fingerprint density at radius 3 is 2.17 bits per heavy atom. The summed E-state index contributed by atoms with van der Waals surface area (Å²) < 4.78 is 19.4. The molecule has 2 aliphatic carbocycles. The number of rotatable bonds is 7. The standard InChI is InChI=1S/C27H23FN2O5/c28-21-10-5-11-22(24(21)25(32)33)29-23(31)14-27(12-13-27)30-26(34)35-15-20-18-8-3-1-6-16(18)17-7-2-4-9-19(17)20/h1-11,20H,12-15H2,(H,29,31)(H,30,34)(H,32,33). The largest absolute Gasteiger partial charge is 0.478 e. The summed E-state index contributed by atoms with van der Waals surface area (Å²) in [7, 11) is 0. The van der Waals surface area contributed by atoms with Gasteiger partial charge in [-0.1, -0.05) is 54.6 Å². The second-order valence-corrected chi connectivity index (χ2v) is 8.92. The van der Waals surface area contributed by atoms with Crippen molar-refractivity contribution in [2.75, 3.05) is 11.9 Å². The van der Waals surface area contributed by atoms with E-state index >= 15 is 0 Å². The molecule has 3 aromatic rings. The molecular formula is C27H23FN2O5. The molecule has 8 heteroatoms. The van der Waals surface area contributed by atoms with Gasteiger partial charge < -0.3 is 20.5 Å². The number of carboxylic acids is 1. The van der Waals surface area contributed by atoms with Crippen molar-refractivity contribution in [1.82, 2.24) is 5.32 Å². The van der Waals surface area contributed by atoms with Gasteiger partial charge in [0.25, 0.3) is 0 Å². The quantitative estimate of drug-likeness (QED) is 0.451. The van der Waals surface area contributed by atoms with Crippen LogP contribution in [0, 0.1) is 5.82 Å². The van der Waals surface area contributed by atoms with Gasteiger partial charge >= 0.3 is 12.1 Å². The Morgan fingerprint density at radius 1 is 0.943 bits per heavy atom. The van der Waals surface area contributed by atoms with E-state index in [4.69, 9.17) is 4.74 Å². The lowest BCUT2D eigenvalue weighted by atomic mass is 9.98. The second kappa shape index (κ2) is 8.87. The summed E-state index contributed by atoms with van der Waals surface area (Å²) in [6.07, 6.45) is 0.473. The Hall–Kier alpha value is -4.20. The van der Waals surface area contributed by atoms with Crippen molar-refractivity contribution < 1.29 is 28.6 Å². The molecule has 0 unspecified atom stereocenters. The summed E-state index contributed by atoms with van der Waals surface area (Å²) in [5.74, 6) is -3.01. The third kappa shape index (κ3) is 4.47. The van der Waals surface area contributed by atoms with Crippen LogP contribution in [-0.2, 0) is 9.53 Å². The van der Waals surface area contributed by atoms with E-state index in [-0.39, 0.29) is 24.6 Å². The average molecular weight is 474 g/mol. The van der Waals surface area contributed by atoms with Gasteiger partial charge in [-0.25, -0.2) is 14.0 Å². The molecule has 0 aliphatic heterocycles. The van der Waals surface area contributed by atoms with E-state index < -0.39 is 34.9 Å². The van der Waals surface area contributed by atoms with Crippen molar-refractivity contribution in [3.8, 4) is 11.1 Å². The maximum absolute atomic E-state index is 13.9. The van der Waals surface area contributed by atoms with Gasteiger partial charge in [0.1, 0.15) is 18.0 Å². The van der Waals surface area contributed by atoms with E-state index in [1.165, 1.54) is 12.1 Å². The highest BCUT2D eigenvalue weighted by Gasteiger charge is 2.46. The van der Waals surface area contributed by atoms with Crippen molar-refractivity contribution in [2.24, 2.45) is 0 Å². The first-order valence-electron chi connectivity index (χ1n) is 11.3. The Balaban J connectivity index is 1.20. The minimum atomic E-state index is -1.48. The summed E-state index contributed by atoms with van der Waals surface area (Å²) in [6.45, 7) is 0.160. The zero-order valence-electron chi connectivity index (χ0n) is 18.7. The number of alkyl carbamates (subject to hydrolysis) is 1. The molecule has 2 aliphatic rings. The molecule has 0 bridgehead atoms. The normalized spacial score (nSPS) is 15.0. The highest BCUT2D eigenvalue weighted by Crippen LogP contribution is 2.44. The molecule has 178 valence electrons. The van der Waals surface area contributed by atoms with E-state index in [1.807, 2.05) is 36.4 Å². The number of ether oxygens (including phenoxy) is 1. The zero-order valence-corrected chi connectivity index (χ0v) is 18.7. The molecule has 2 amide bonds. The molecule has 0 spiro atoms. The summed E-state index contributed by atoms with van der Waals surface area (Å²) >= 11 is 0. The number of benzene rings is 3. The highest BCUT2D eigenvalue weighted by atomic mass is 19.1. The molecule has 0 atom stereocenters. The van der Waals surface area contributed by atoms with Crippen LogP contribution in [0.15, 0.2) is 66.7 Å². The molecule has 1 saturated carbocycles. The molecule has 1 fully saturated rings. The Morgan fingerprint density at radius 2 is 1.57 bits per heavy atom. The van der Waals surface area contributed by atoms with Gasteiger partial charge in [0.15, 0.2) is 0 Å². The number of nitrogens with one attached hydrogen (secondary N) is 2. The summed E-state index contributed by atoms with van der Waals surface area (Å²) in [4.78, 5) is 36.5. The maximum Gasteiger partial charge on any atom is 0.407 e. The van der Waals surface area contributed by atoms with Crippen LogP contribution in [0.5, 0.6) is 0 Å². The number of anilines is 1. The van der Waals surface area contributed by atoms with Crippen molar-refractivity contribution in [3.63, 3.8) is 0 Å². The fourth-order valence-corrected chi connectivity index (χ4v) is 4.70. The number of carbonyl (C=O) groups excluding carboxylic acids is 2.